The van der Waals surface area contributed by atoms with Crippen molar-refractivity contribution < 1.29 is 38.1 Å². The number of ether oxygens (including phenoxy) is 4. The Morgan fingerprint density at radius 2 is 0.597 bits per heavy atom. The Hall–Kier alpha value is -3.68. The Balaban J connectivity index is 1.88. The standard InChI is InChI=1S/C54H86O8/c1-3-5-7-9-11-13-15-17-19-21-23-25-27-29-37-43-49(55)61-51(53(57)59-45-47-39-33-31-34-40-47)52(54(58)60-46-48-41-35-32-36-42-48)62-50(56)44-38-30-28-26-24-22-20-18-16-14-12-10-8-6-4-2/h31-36,39-42,51-52H,3-30,37-38,43-46H2,1-2H3. The molecule has 0 fully saturated rings. The SMILES string of the molecule is CCCCCCCCCCCCCCCCCC(=O)OC(C(=O)OCc1ccccc1)C(OC(=O)CCCCCCCCCCCCCCCCC)C(=O)OCc1ccccc1. The van der Waals surface area contributed by atoms with Crippen LogP contribution in [0.15, 0.2) is 60.7 Å². The number of esters is 4. The maximum absolute atomic E-state index is 13.7. The van der Waals surface area contributed by atoms with Gasteiger partial charge in [0.1, 0.15) is 13.2 Å². The molecule has 0 radical (unpaired) electrons. The summed E-state index contributed by atoms with van der Waals surface area (Å²) in [5.41, 5.74) is 1.44. The first-order valence-electron chi connectivity index (χ1n) is 25.2. The van der Waals surface area contributed by atoms with Gasteiger partial charge in [0.05, 0.1) is 0 Å². The van der Waals surface area contributed by atoms with E-state index in [-0.39, 0.29) is 26.1 Å². The van der Waals surface area contributed by atoms with Crippen LogP contribution in [0, 0.1) is 0 Å². The van der Waals surface area contributed by atoms with Crippen LogP contribution in [-0.2, 0) is 51.3 Å². The maximum Gasteiger partial charge on any atom is 0.352 e. The van der Waals surface area contributed by atoms with Gasteiger partial charge in [-0.3, -0.25) is 9.59 Å². The second-order valence-corrected chi connectivity index (χ2v) is 17.4. The quantitative estimate of drug-likeness (QED) is 0.0370. The normalized spacial score (nSPS) is 12.1. The van der Waals surface area contributed by atoms with E-state index in [1.54, 1.807) is 24.3 Å². The summed E-state index contributed by atoms with van der Waals surface area (Å²) < 4.78 is 22.5. The lowest BCUT2D eigenvalue weighted by Gasteiger charge is -2.24. The van der Waals surface area contributed by atoms with Gasteiger partial charge in [-0.15, -0.1) is 0 Å². The molecule has 0 heterocycles. The molecule has 2 rings (SSSR count). The second kappa shape index (κ2) is 39.0. The van der Waals surface area contributed by atoms with Crippen LogP contribution >= 0.6 is 0 Å². The monoisotopic (exact) mass is 863 g/mol. The molecule has 8 heteroatoms. The summed E-state index contributed by atoms with van der Waals surface area (Å²) in [6.07, 6.45) is 32.6. The van der Waals surface area contributed by atoms with E-state index >= 15 is 0 Å². The van der Waals surface area contributed by atoms with E-state index in [9.17, 15) is 19.2 Å². The minimum absolute atomic E-state index is 0.0690. The van der Waals surface area contributed by atoms with Crippen molar-refractivity contribution in [3.8, 4) is 0 Å². The van der Waals surface area contributed by atoms with Crippen molar-refractivity contribution in [2.75, 3.05) is 0 Å². The van der Waals surface area contributed by atoms with Gasteiger partial charge in [0.2, 0.25) is 12.2 Å². The number of carbonyl (C=O) groups excluding carboxylic acids is 4. The van der Waals surface area contributed by atoms with E-state index in [1.165, 1.54) is 141 Å². The Kier molecular flexibility index (Phi) is 34.2. The fraction of sp³-hybridized carbons (Fsp3) is 0.704. The van der Waals surface area contributed by atoms with E-state index in [1.807, 2.05) is 36.4 Å². The lowest BCUT2D eigenvalue weighted by Crippen LogP contribution is -2.47. The van der Waals surface area contributed by atoms with E-state index in [2.05, 4.69) is 13.8 Å². The highest BCUT2D eigenvalue weighted by Crippen LogP contribution is 2.19. The van der Waals surface area contributed by atoms with Gasteiger partial charge in [-0.2, -0.15) is 0 Å². The molecule has 0 aromatic heterocycles. The number of hydrogen-bond acceptors (Lipinski definition) is 8. The molecule has 2 atom stereocenters. The number of benzene rings is 2. The summed E-state index contributed by atoms with van der Waals surface area (Å²) in [6, 6.07) is 18.2. The Labute approximate surface area is 377 Å². The third-order valence-corrected chi connectivity index (χ3v) is 11.7. The topological polar surface area (TPSA) is 105 Å². The van der Waals surface area contributed by atoms with Crippen LogP contribution in [0.4, 0.5) is 0 Å². The van der Waals surface area contributed by atoms with Crippen molar-refractivity contribution in [3.05, 3.63) is 71.8 Å². The van der Waals surface area contributed by atoms with E-state index in [0.717, 1.165) is 49.7 Å². The molecule has 2 aromatic rings. The van der Waals surface area contributed by atoms with Crippen LogP contribution in [0.1, 0.15) is 230 Å². The summed E-state index contributed by atoms with van der Waals surface area (Å²) >= 11 is 0. The molecule has 0 aliphatic rings. The Morgan fingerprint density at radius 3 is 0.855 bits per heavy atom. The van der Waals surface area contributed by atoms with Gasteiger partial charge in [-0.25, -0.2) is 9.59 Å². The molecule has 2 aromatic carbocycles. The predicted octanol–water partition coefficient (Wildman–Crippen LogP) is 14.8. The van der Waals surface area contributed by atoms with Gasteiger partial charge in [-0.05, 0) is 24.0 Å². The van der Waals surface area contributed by atoms with Crippen LogP contribution in [-0.4, -0.2) is 36.1 Å². The van der Waals surface area contributed by atoms with Crippen molar-refractivity contribution in [2.24, 2.45) is 0 Å². The second-order valence-electron chi connectivity index (χ2n) is 17.4. The zero-order valence-electron chi connectivity index (χ0n) is 39.2. The van der Waals surface area contributed by atoms with Crippen LogP contribution in [0.5, 0.6) is 0 Å². The smallest absolute Gasteiger partial charge is 0.352 e. The first kappa shape index (κ1) is 54.5. The minimum Gasteiger partial charge on any atom is -0.458 e. The molecule has 8 nitrogen and oxygen atoms in total. The molecule has 0 bridgehead atoms. The summed E-state index contributed by atoms with van der Waals surface area (Å²) in [5.74, 6) is -3.25. The number of unbranched alkanes of at least 4 members (excludes halogenated alkanes) is 28. The lowest BCUT2D eigenvalue weighted by molar-refractivity contribution is -0.193. The maximum atomic E-state index is 13.7. The third kappa shape index (κ3) is 29.6. The highest BCUT2D eigenvalue weighted by atomic mass is 16.6. The first-order valence-corrected chi connectivity index (χ1v) is 25.2. The van der Waals surface area contributed by atoms with E-state index < -0.39 is 36.1 Å². The van der Waals surface area contributed by atoms with Crippen LogP contribution in [0.2, 0.25) is 0 Å². The first-order chi connectivity index (χ1) is 30.4. The van der Waals surface area contributed by atoms with Crippen LogP contribution in [0.25, 0.3) is 0 Å². The molecule has 0 saturated heterocycles. The third-order valence-electron chi connectivity index (χ3n) is 11.7. The highest BCUT2D eigenvalue weighted by molar-refractivity contribution is 5.89. The molecule has 350 valence electrons. The van der Waals surface area contributed by atoms with E-state index in [0.29, 0.717) is 12.8 Å². The molecule has 0 amide bonds. The number of hydrogen-bond donors (Lipinski definition) is 0. The summed E-state index contributed by atoms with van der Waals surface area (Å²) in [6.45, 7) is 4.30. The molecular formula is C54H86O8. The van der Waals surface area contributed by atoms with Crippen LogP contribution in [0.3, 0.4) is 0 Å². The van der Waals surface area contributed by atoms with Gasteiger partial charge >= 0.3 is 23.9 Å². The van der Waals surface area contributed by atoms with Gasteiger partial charge < -0.3 is 18.9 Å². The van der Waals surface area contributed by atoms with Gasteiger partial charge in [0.25, 0.3) is 0 Å². The molecule has 0 aliphatic carbocycles. The van der Waals surface area contributed by atoms with Gasteiger partial charge in [-0.1, -0.05) is 254 Å². The predicted molar refractivity (Wildman–Crippen MR) is 251 cm³/mol. The van der Waals surface area contributed by atoms with Gasteiger partial charge in [0, 0.05) is 12.8 Å². The number of carbonyl (C=O) groups is 4. The van der Waals surface area contributed by atoms with E-state index in [4.69, 9.17) is 18.9 Å². The highest BCUT2D eigenvalue weighted by Gasteiger charge is 2.42. The molecule has 0 N–H and O–H groups in total. The average Bonchev–Trinajstić information content (AvgIpc) is 3.29. The van der Waals surface area contributed by atoms with Crippen molar-refractivity contribution >= 4 is 23.9 Å². The summed E-state index contributed by atoms with van der Waals surface area (Å²) in [4.78, 5) is 53.9. The Bertz CT molecular complexity index is 1270. The lowest BCUT2D eigenvalue weighted by atomic mass is 10.0. The summed E-state index contributed by atoms with van der Waals surface area (Å²) in [5, 5.41) is 0. The van der Waals surface area contributed by atoms with Gasteiger partial charge in [0.15, 0.2) is 0 Å². The largest absolute Gasteiger partial charge is 0.458 e. The van der Waals surface area contributed by atoms with Crippen molar-refractivity contribution in [3.63, 3.8) is 0 Å². The fourth-order valence-electron chi connectivity index (χ4n) is 7.77. The fourth-order valence-corrected chi connectivity index (χ4v) is 7.77. The zero-order chi connectivity index (χ0) is 44.6. The molecule has 0 saturated carbocycles. The number of rotatable bonds is 41. The van der Waals surface area contributed by atoms with Crippen LogP contribution < -0.4 is 0 Å². The molecule has 62 heavy (non-hydrogen) atoms. The molecule has 0 aliphatic heterocycles. The minimum atomic E-state index is -1.81. The van der Waals surface area contributed by atoms with Crippen molar-refractivity contribution in [2.45, 2.75) is 245 Å². The molecule has 2 unspecified atom stereocenters. The zero-order valence-corrected chi connectivity index (χ0v) is 39.2. The average molecular weight is 863 g/mol. The van der Waals surface area contributed by atoms with Crippen molar-refractivity contribution in [1.82, 2.24) is 0 Å². The van der Waals surface area contributed by atoms with Crippen molar-refractivity contribution in [1.29, 1.82) is 0 Å². The molecular weight excluding hydrogens is 777 g/mol. The molecule has 0 spiro atoms. The summed E-state index contributed by atoms with van der Waals surface area (Å²) in [7, 11) is 0. The Morgan fingerprint density at radius 1 is 0.355 bits per heavy atom.